The van der Waals surface area contributed by atoms with E-state index in [0.29, 0.717) is 17.4 Å². The second-order valence-electron chi connectivity index (χ2n) is 11.3. The van der Waals surface area contributed by atoms with Crippen LogP contribution in [0, 0.1) is 23.1 Å². The third kappa shape index (κ3) is 4.34. The summed E-state index contributed by atoms with van der Waals surface area (Å²) in [4.78, 5) is 18.4. The number of aliphatic hydroxyl groups is 1. The smallest absolute Gasteiger partial charge is 0.141 e. The van der Waals surface area contributed by atoms with Gasteiger partial charge in [0.2, 0.25) is 0 Å². The average Bonchev–Trinajstić information content (AvgIpc) is 3.51. The first-order chi connectivity index (χ1) is 18.0. The fourth-order valence-corrected chi connectivity index (χ4v) is 7.38. The Bertz CT molecular complexity index is 1270. The van der Waals surface area contributed by atoms with Gasteiger partial charge in [-0.1, -0.05) is 49.4 Å². The summed E-state index contributed by atoms with van der Waals surface area (Å²) in [5.74, 6) is 0.791. The molecule has 194 valence electrons. The monoisotopic (exact) mass is 502 g/mol. The zero-order chi connectivity index (χ0) is 25.6. The van der Waals surface area contributed by atoms with Crippen molar-refractivity contribution in [2.75, 3.05) is 6.61 Å². The molecule has 3 aliphatic rings. The number of carbonyl (C=O) groups excluding carboxylic acids is 1. The van der Waals surface area contributed by atoms with E-state index in [0.717, 1.165) is 55.3 Å². The maximum atomic E-state index is 15.0. The van der Waals surface area contributed by atoms with Gasteiger partial charge in [0.25, 0.3) is 0 Å². The molecule has 1 N–H and O–H groups in total. The van der Waals surface area contributed by atoms with Crippen molar-refractivity contribution in [1.29, 1.82) is 0 Å². The van der Waals surface area contributed by atoms with Crippen LogP contribution in [0.5, 0.6) is 0 Å². The molecule has 2 aliphatic carbocycles. The number of halogens is 1. The van der Waals surface area contributed by atoms with Crippen LogP contribution in [0.1, 0.15) is 75.1 Å². The molecule has 1 aliphatic heterocycles. The molecule has 3 aromatic rings. The van der Waals surface area contributed by atoms with Gasteiger partial charge in [-0.3, -0.25) is 4.79 Å². The molecule has 5 unspecified atom stereocenters. The van der Waals surface area contributed by atoms with Crippen molar-refractivity contribution < 1.29 is 19.0 Å². The Labute approximate surface area is 217 Å². The van der Waals surface area contributed by atoms with E-state index in [2.05, 4.69) is 11.9 Å². The van der Waals surface area contributed by atoms with Crippen molar-refractivity contribution in [3.8, 4) is 11.3 Å². The molecule has 5 nitrogen and oxygen atoms in total. The lowest BCUT2D eigenvalue weighted by Crippen LogP contribution is -2.46. The number of ether oxygens (including phenoxy) is 1. The van der Waals surface area contributed by atoms with E-state index < -0.39 is 11.5 Å². The highest BCUT2D eigenvalue weighted by atomic mass is 19.1. The number of hydrogen-bond acceptors (Lipinski definition) is 4. The molecule has 2 aromatic carbocycles. The largest absolute Gasteiger partial charge is 0.386 e. The van der Waals surface area contributed by atoms with E-state index >= 15 is 0 Å². The minimum atomic E-state index is -0.651. The van der Waals surface area contributed by atoms with Gasteiger partial charge in [-0.05, 0) is 62.0 Å². The number of carbonyl (C=O) groups is 1. The van der Waals surface area contributed by atoms with Gasteiger partial charge in [0.15, 0.2) is 0 Å². The molecule has 6 heteroatoms. The Morgan fingerprint density at radius 2 is 2.03 bits per heavy atom. The number of Topliss-reactive ketones (excluding diaryl/α,β-unsaturated/α-hetero) is 1. The van der Waals surface area contributed by atoms with Crippen LogP contribution in [-0.4, -0.2) is 33.2 Å². The molecule has 0 spiro atoms. The van der Waals surface area contributed by atoms with Gasteiger partial charge in [0, 0.05) is 23.0 Å². The minimum absolute atomic E-state index is 0.0542. The molecule has 2 bridgehead atoms. The number of rotatable bonds is 8. The van der Waals surface area contributed by atoms with E-state index in [4.69, 9.17) is 4.74 Å². The quantitative estimate of drug-likeness (QED) is 0.394. The lowest BCUT2D eigenvalue weighted by atomic mass is 9.57. The van der Waals surface area contributed by atoms with Crippen LogP contribution in [0.25, 0.3) is 11.3 Å². The summed E-state index contributed by atoms with van der Waals surface area (Å²) in [6, 6.07) is 14.4. The number of aromatic nitrogens is 2. The summed E-state index contributed by atoms with van der Waals surface area (Å²) in [5, 5.41) is 10.6. The molecule has 2 heterocycles. The molecule has 0 radical (unpaired) electrons. The number of imidazole rings is 1. The van der Waals surface area contributed by atoms with Gasteiger partial charge >= 0.3 is 0 Å². The molecule has 37 heavy (non-hydrogen) atoms. The Balaban J connectivity index is 1.19. The molecule has 0 amide bonds. The third-order valence-electron chi connectivity index (χ3n) is 9.32. The number of ketones is 1. The highest BCUT2D eigenvalue weighted by Crippen LogP contribution is 2.53. The van der Waals surface area contributed by atoms with Crippen LogP contribution in [0.4, 0.5) is 4.39 Å². The predicted octanol–water partition coefficient (Wildman–Crippen LogP) is 6.28. The Kier molecular flexibility index (Phi) is 6.49. The van der Waals surface area contributed by atoms with E-state index in [1.54, 1.807) is 18.6 Å². The second kappa shape index (κ2) is 9.80. The first-order valence-corrected chi connectivity index (χ1v) is 13.7. The van der Waals surface area contributed by atoms with Gasteiger partial charge in [-0.2, -0.15) is 0 Å². The van der Waals surface area contributed by atoms with Gasteiger partial charge in [0.1, 0.15) is 17.7 Å². The normalized spacial score (nSPS) is 28.9. The summed E-state index contributed by atoms with van der Waals surface area (Å²) >= 11 is 0. The number of fused-ring (bicyclic) bond motifs is 5. The molecule has 1 aromatic heterocycles. The first-order valence-electron chi connectivity index (χ1n) is 13.7. The zero-order valence-electron chi connectivity index (χ0n) is 21.4. The second-order valence-corrected chi connectivity index (χ2v) is 11.3. The molecular weight excluding hydrogens is 467 g/mol. The highest BCUT2D eigenvalue weighted by Gasteiger charge is 2.49. The molecular formula is C31H35FN2O3. The van der Waals surface area contributed by atoms with E-state index in [1.807, 2.05) is 41.0 Å². The summed E-state index contributed by atoms with van der Waals surface area (Å²) in [6.07, 6.45) is 8.76. The van der Waals surface area contributed by atoms with E-state index in [1.165, 1.54) is 6.07 Å². The van der Waals surface area contributed by atoms with Crippen molar-refractivity contribution in [1.82, 2.24) is 9.55 Å². The van der Waals surface area contributed by atoms with Crippen molar-refractivity contribution >= 4 is 5.78 Å². The van der Waals surface area contributed by atoms with Crippen LogP contribution in [-0.2, 0) is 9.53 Å². The lowest BCUT2D eigenvalue weighted by Gasteiger charge is -2.49. The van der Waals surface area contributed by atoms with Crippen LogP contribution in [0.2, 0.25) is 0 Å². The molecule has 6 atom stereocenters. The van der Waals surface area contributed by atoms with Crippen LogP contribution in [0.3, 0.4) is 0 Å². The van der Waals surface area contributed by atoms with Crippen molar-refractivity contribution in [2.45, 2.75) is 70.1 Å². The number of hydrogen-bond donors (Lipinski definition) is 1. The molecule has 2 saturated carbocycles. The maximum absolute atomic E-state index is 15.0. The SMILES string of the molecule is CCC1(C(=O)CC2c3c(F)cccc3-c3cncn32)CC2CC[C@@H](OCC(O)c3ccccc3)C(C2)C1. The van der Waals surface area contributed by atoms with Crippen LogP contribution < -0.4 is 0 Å². The topological polar surface area (TPSA) is 64.4 Å². The van der Waals surface area contributed by atoms with Gasteiger partial charge in [-0.15, -0.1) is 0 Å². The summed E-state index contributed by atoms with van der Waals surface area (Å²) in [7, 11) is 0. The highest BCUT2D eigenvalue weighted by molar-refractivity contribution is 5.87. The average molecular weight is 503 g/mol. The van der Waals surface area contributed by atoms with Crippen molar-refractivity contribution in [3.05, 3.63) is 78.0 Å². The fraction of sp³-hybridized carbons (Fsp3) is 0.484. The minimum Gasteiger partial charge on any atom is -0.386 e. The lowest BCUT2D eigenvalue weighted by molar-refractivity contribution is -0.140. The van der Waals surface area contributed by atoms with Crippen LogP contribution >= 0.6 is 0 Å². The zero-order valence-corrected chi connectivity index (χ0v) is 21.4. The Hall–Kier alpha value is -2.83. The molecule has 6 rings (SSSR count). The summed E-state index contributed by atoms with van der Waals surface area (Å²) in [6.45, 7) is 2.39. The van der Waals surface area contributed by atoms with E-state index in [-0.39, 0.29) is 36.8 Å². The van der Waals surface area contributed by atoms with Gasteiger partial charge in [0.05, 0.1) is 37.0 Å². The third-order valence-corrected chi connectivity index (χ3v) is 9.32. The Morgan fingerprint density at radius 1 is 1.19 bits per heavy atom. The molecule has 2 fully saturated rings. The van der Waals surface area contributed by atoms with E-state index in [9.17, 15) is 14.3 Å². The van der Waals surface area contributed by atoms with Crippen molar-refractivity contribution in [3.63, 3.8) is 0 Å². The number of aliphatic hydroxyl groups excluding tert-OH is 1. The van der Waals surface area contributed by atoms with Gasteiger partial charge < -0.3 is 14.4 Å². The summed E-state index contributed by atoms with van der Waals surface area (Å²) < 4.78 is 23.3. The van der Waals surface area contributed by atoms with Crippen LogP contribution in [0.15, 0.2) is 61.1 Å². The number of benzene rings is 2. The maximum Gasteiger partial charge on any atom is 0.141 e. The predicted molar refractivity (Wildman–Crippen MR) is 139 cm³/mol. The Morgan fingerprint density at radius 3 is 2.84 bits per heavy atom. The summed E-state index contributed by atoms with van der Waals surface area (Å²) in [5.41, 5.74) is 2.78. The fourth-order valence-electron chi connectivity index (χ4n) is 7.38. The molecule has 0 saturated heterocycles. The van der Waals surface area contributed by atoms with Gasteiger partial charge in [-0.25, -0.2) is 9.37 Å². The first kappa shape index (κ1) is 24.5. The standard InChI is InChI=1S/C31H35FN2O3/c1-2-31(29(36)14-25-30-23(9-6-10-24(30)32)26-17-33-19-34(25)26)15-20-11-12-28(22(13-20)16-31)37-18-27(35)21-7-4-3-5-8-21/h3-10,17,19-20,22,25,27-28,35H,2,11-16,18H2,1H3/t20?,22?,25?,27?,28-,31?/m1/s1. The van der Waals surface area contributed by atoms with Crippen molar-refractivity contribution in [2.24, 2.45) is 17.3 Å². The number of nitrogens with zero attached hydrogens (tertiary/aromatic N) is 2.